The summed E-state index contributed by atoms with van der Waals surface area (Å²) in [5, 5.41) is 0.665. The van der Waals surface area contributed by atoms with Crippen LogP contribution in [0.15, 0.2) is 33.5 Å². The molecule has 0 N–H and O–H groups in total. The summed E-state index contributed by atoms with van der Waals surface area (Å²) in [6.45, 7) is 7.06. The van der Waals surface area contributed by atoms with Crippen LogP contribution < -0.4 is 10.4 Å². The number of carbonyl (C=O) groups excluding carboxylic acids is 1. The van der Waals surface area contributed by atoms with Gasteiger partial charge >= 0.3 is 5.63 Å². The molecule has 1 aliphatic rings. The molecule has 2 aromatic rings. The molecule has 3 rings (SSSR count). The highest BCUT2D eigenvalue weighted by Crippen LogP contribution is 2.25. The molecule has 128 valence electrons. The Bertz CT molecular complexity index is 803. The fraction of sp³-hybridized carbons (Fsp3) is 0.444. The number of nitrogens with zero attached hydrogens (tertiary/aromatic N) is 1. The summed E-state index contributed by atoms with van der Waals surface area (Å²) in [4.78, 5) is 26.7. The van der Waals surface area contributed by atoms with Gasteiger partial charge in [0.1, 0.15) is 5.56 Å². The normalized spacial score (nSPS) is 21.0. The highest BCUT2D eigenvalue weighted by atomic mass is 16.5. The maximum Gasteiger partial charge on any atom is 0.349 e. The van der Waals surface area contributed by atoms with Gasteiger partial charge in [-0.2, -0.15) is 0 Å². The molecule has 0 radical (unpaired) electrons. The van der Waals surface area contributed by atoms with Crippen molar-refractivity contribution in [2.45, 2.75) is 33.0 Å². The van der Waals surface area contributed by atoms with Crippen LogP contribution in [-0.2, 0) is 4.74 Å². The molecule has 1 aromatic heterocycles. The number of carbonyl (C=O) groups is 1. The quantitative estimate of drug-likeness (QED) is 0.808. The van der Waals surface area contributed by atoms with Crippen LogP contribution >= 0.6 is 0 Å². The molecular formula is C18H21NO5. The lowest BCUT2D eigenvalue weighted by molar-refractivity contribution is -0.0587. The highest BCUT2D eigenvalue weighted by molar-refractivity contribution is 5.97. The van der Waals surface area contributed by atoms with Gasteiger partial charge in [0.15, 0.2) is 11.3 Å². The van der Waals surface area contributed by atoms with Crippen LogP contribution in [-0.4, -0.2) is 42.7 Å². The molecule has 2 heterocycles. The van der Waals surface area contributed by atoms with E-state index in [-0.39, 0.29) is 23.7 Å². The number of morpholine rings is 1. The number of ether oxygens (including phenoxy) is 2. The van der Waals surface area contributed by atoms with E-state index in [9.17, 15) is 9.59 Å². The largest absolute Gasteiger partial charge is 0.490 e. The molecule has 0 saturated carbocycles. The van der Waals surface area contributed by atoms with E-state index in [0.717, 1.165) is 0 Å². The van der Waals surface area contributed by atoms with Gasteiger partial charge < -0.3 is 18.8 Å². The first kappa shape index (κ1) is 16.5. The van der Waals surface area contributed by atoms with Crippen molar-refractivity contribution >= 4 is 16.9 Å². The molecule has 1 fully saturated rings. The number of hydrogen-bond donors (Lipinski definition) is 0. The fourth-order valence-electron chi connectivity index (χ4n) is 3.05. The van der Waals surface area contributed by atoms with Crippen molar-refractivity contribution in [1.82, 2.24) is 4.90 Å². The van der Waals surface area contributed by atoms with Crippen LogP contribution in [0.5, 0.6) is 5.75 Å². The SMILES string of the molecule is CCOc1cccc2cc(C(=O)N3C[C@H](C)O[C@@H](C)C3)c(=O)oc12. The summed E-state index contributed by atoms with van der Waals surface area (Å²) in [6.07, 6.45) is -0.121. The van der Waals surface area contributed by atoms with Gasteiger partial charge in [-0.3, -0.25) is 4.79 Å². The monoisotopic (exact) mass is 331 g/mol. The zero-order chi connectivity index (χ0) is 17.3. The van der Waals surface area contributed by atoms with Crippen LogP contribution in [0.4, 0.5) is 0 Å². The van der Waals surface area contributed by atoms with Gasteiger partial charge in [0, 0.05) is 18.5 Å². The lowest BCUT2D eigenvalue weighted by Gasteiger charge is -2.35. The lowest BCUT2D eigenvalue weighted by atomic mass is 10.1. The number of benzene rings is 1. The molecule has 1 aromatic carbocycles. The Morgan fingerprint density at radius 1 is 1.29 bits per heavy atom. The summed E-state index contributed by atoms with van der Waals surface area (Å²) in [7, 11) is 0. The van der Waals surface area contributed by atoms with E-state index in [4.69, 9.17) is 13.9 Å². The minimum Gasteiger partial charge on any atom is -0.490 e. The smallest absolute Gasteiger partial charge is 0.349 e. The Kier molecular flexibility index (Phi) is 4.57. The number of fused-ring (bicyclic) bond motifs is 1. The van der Waals surface area contributed by atoms with Gasteiger partial charge in [-0.1, -0.05) is 12.1 Å². The van der Waals surface area contributed by atoms with E-state index in [1.165, 1.54) is 0 Å². The van der Waals surface area contributed by atoms with Gasteiger partial charge in [-0.15, -0.1) is 0 Å². The Hall–Kier alpha value is -2.34. The molecule has 0 unspecified atom stereocenters. The summed E-state index contributed by atoms with van der Waals surface area (Å²) < 4.78 is 16.5. The molecule has 6 heteroatoms. The average molecular weight is 331 g/mol. The first-order valence-electron chi connectivity index (χ1n) is 8.14. The molecule has 0 spiro atoms. The molecule has 1 saturated heterocycles. The zero-order valence-corrected chi connectivity index (χ0v) is 14.1. The van der Waals surface area contributed by atoms with Crippen molar-refractivity contribution in [3.8, 4) is 5.75 Å². The molecule has 1 aliphatic heterocycles. The summed E-state index contributed by atoms with van der Waals surface area (Å²) in [5.74, 6) is 0.175. The minimum absolute atomic E-state index is 0.0393. The first-order valence-corrected chi connectivity index (χ1v) is 8.14. The van der Waals surface area contributed by atoms with Crippen molar-refractivity contribution < 1.29 is 18.7 Å². The molecule has 2 atom stereocenters. The van der Waals surface area contributed by atoms with Crippen molar-refractivity contribution in [3.05, 3.63) is 40.2 Å². The van der Waals surface area contributed by atoms with E-state index in [0.29, 0.717) is 36.4 Å². The average Bonchev–Trinajstić information content (AvgIpc) is 2.53. The zero-order valence-electron chi connectivity index (χ0n) is 14.1. The second kappa shape index (κ2) is 6.65. The first-order chi connectivity index (χ1) is 11.5. The van der Waals surface area contributed by atoms with Crippen molar-refractivity contribution in [1.29, 1.82) is 0 Å². The summed E-state index contributed by atoms with van der Waals surface area (Å²) in [6, 6.07) is 6.92. The van der Waals surface area contributed by atoms with Gasteiger partial charge in [-0.05, 0) is 32.9 Å². The van der Waals surface area contributed by atoms with Crippen LogP contribution in [0.2, 0.25) is 0 Å². The van der Waals surface area contributed by atoms with Crippen LogP contribution in [0.1, 0.15) is 31.1 Å². The molecule has 0 aliphatic carbocycles. The molecule has 6 nitrogen and oxygen atoms in total. The third-order valence-corrected chi connectivity index (χ3v) is 3.96. The predicted molar refractivity (Wildman–Crippen MR) is 89.6 cm³/mol. The van der Waals surface area contributed by atoms with Crippen molar-refractivity contribution in [2.75, 3.05) is 19.7 Å². The number of para-hydroxylation sites is 1. The van der Waals surface area contributed by atoms with Crippen LogP contribution in [0, 0.1) is 0 Å². The Labute approximate surface area is 140 Å². The Morgan fingerprint density at radius 3 is 2.67 bits per heavy atom. The van der Waals surface area contributed by atoms with Gasteiger partial charge in [0.2, 0.25) is 0 Å². The van der Waals surface area contributed by atoms with E-state index in [2.05, 4.69) is 0 Å². The van der Waals surface area contributed by atoms with E-state index >= 15 is 0 Å². The topological polar surface area (TPSA) is 69.0 Å². The van der Waals surface area contributed by atoms with E-state index < -0.39 is 5.63 Å². The Morgan fingerprint density at radius 2 is 2.00 bits per heavy atom. The maximum atomic E-state index is 12.7. The molecule has 1 amide bonds. The van der Waals surface area contributed by atoms with Crippen molar-refractivity contribution in [3.63, 3.8) is 0 Å². The number of hydrogen-bond acceptors (Lipinski definition) is 5. The van der Waals surface area contributed by atoms with Crippen LogP contribution in [0.3, 0.4) is 0 Å². The van der Waals surface area contributed by atoms with E-state index in [1.807, 2.05) is 20.8 Å². The third-order valence-electron chi connectivity index (χ3n) is 3.96. The second-order valence-corrected chi connectivity index (χ2v) is 6.02. The maximum absolute atomic E-state index is 12.7. The number of amides is 1. The summed E-state index contributed by atoms with van der Waals surface area (Å²) in [5.41, 5.74) is -0.242. The van der Waals surface area contributed by atoms with Gasteiger partial charge in [-0.25, -0.2) is 4.79 Å². The van der Waals surface area contributed by atoms with E-state index in [1.54, 1.807) is 29.2 Å². The lowest BCUT2D eigenvalue weighted by Crippen LogP contribution is -2.49. The highest BCUT2D eigenvalue weighted by Gasteiger charge is 2.28. The predicted octanol–water partition coefficient (Wildman–Crippen LogP) is 2.44. The standard InChI is InChI=1S/C18H21NO5/c1-4-22-15-7-5-6-13-8-14(18(21)24-16(13)15)17(20)19-9-11(2)23-12(3)10-19/h5-8,11-12H,4,9-10H2,1-3H3/t11-,12-/m0/s1. The number of rotatable bonds is 3. The molecule has 0 bridgehead atoms. The second-order valence-electron chi connectivity index (χ2n) is 6.02. The van der Waals surface area contributed by atoms with Gasteiger partial charge in [0.25, 0.3) is 5.91 Å². The van der Waals surface area contributed by atoms with Gasteiger partial charge in [0.05, 0.1) is 18.8 Å². The summed E-state index contributed by atoms with van der Waals surface area (Å²) >= 11 is 0. The van der Waals surface area contributed by atoms with Crippen LogP contribution in [0.25, 0.3) is 11.0 Å². The fourth-order valence-corrected chi connectivity index (χ4v) is 3.05. The molecule has 24 heavy (non-hydrogen) atoms. The Balaban J connectivity index is 1.99. The third kappa shape index (κ3) is 3.14. The minimum atomic E-state index is -0.647. The molecular weight excluding hydrogens is 310 g/mol. The van der Waals surface area contributed by atoms with Crippen molar-refractivity contribution in [2.24, 2.45) is 0 Å².